The van der Waals surface area contributed by atoms with Crippen LogP contribution in [0.15, 0.2) is 36.0 Å². The second-order valence-corrected chi connectivity index (χ2v) is 5.78. The van der Waals surface area contributed by atoms with Crippen molar-refractivity contribution in [3.8, 4) is 0 Å². The quantitative estimate of drug-likeness (QED) is 0.817. The van der Waals surface area contributed by atoms with Gasteiger partial charge < -0.3 is 10.6 Å². The van der Waals surface area contributed by atoms with Gasteiger partial charge in [0, 0.05) is 17.6 Å². The van der Waals surface area contributed by atoms with Gasteiger partial charge in [0.15, 0.2) is 0 Å². The molecule has 5 heteroatoms. The molecule has 0 bridgehead atoms. The molecule has 0 aliphatic heterocycles. The molecule has 2 N–H and O–H groups in total. The van der Waals surface area contributed by atoms with Gasteiger partial charge in [-0.15, -0.1) is 11.3 Å². The first-order chi connectivity index (χ1) is 10.3. The fraction of sp³-hybridized carbons (Fsp3) is 0.375. The zero-order valence-corrected chi connectivity index (χ0v) is 13.2. The van der Waals surface area contributed by atoms with Crippen molar-refractivity contribution in [2.45, 2.75) is 32.7 Å². The summed E-state index contributed by atoms with van der Waals surface area (Å²) in [5, 5.41) is 8.39. The lowest BCUT2D eigenvalue weighted by Crippen LogP contribution is -2.28. The van der Waals surface area contributed by atoms with E-state index in [1.54, 1.807) is 29.8 Å². The fourth-order valence-corrected chi connectivity index (χ4v) is 2.95. The first kappa shape index (κ1) is 15.5. The number of carbonyl (C=O) groups excluding carboxylic acids is 1. The maximum Gasteiger partial charge on any atom is 0.254 e. The van der Waals surface area contributed by atoms with Crippen LogP contribution >= 0.6 is 11.3 Å². The van der Waals surface area contributed by atoms with Crippen molar-refractivity contribution in [3.05, 3.63) is 46.4 Å². The molecule has 2 aromatic rings. The summed E-state index contributed by atoms with van der Waals surface area (Å²) in [6.07, 6.45) is 5.23. The molecule has 2 heterocycles. The van der Waals surface area contributed by atoms with Crippen LogP contribution in [0.5, 0.6) is 0 Å². The summed E-state index contributed by atoms with van der Waals surface area (Å²) in [7, 11) is 0. The number of aromatic nitrogens is 1. The summed E-state index contributed by atoms with van der Waals surface area (Å²) < 4.78 is 0. The summed E-state index contributed by atoms with van der Waals surface area (Å²) >= 11 is 1.67. The zero-order valence-electron chi connectivity index (χ0n) is 12.4. The molecule has 112 valence electrons. The van der Waals surface area contributed by atoms with Gasteiger partial charge >= 0.3 is 0 Å². The molecule has 1 amide bonds. The number of amides is 1. The Morgan fingerprint density at radius 1 is 1.38 bits per heavy atom. The Morgan fingerprint density at radius 3 is 2.90 bits per heavy atom. The van der Waals surface area contributed by atoms with Crippen molar-refractivity contribution in [3.63, 3.8) is 0 Å². The van der Waals surface area contributed by atoms with Crippen LogP contribution in [0.2, 0.25) is 0 Å². The highest BCUT2D eigenvalue weighted by atomic mass is 32.1. The van der Waals surface area contributed by atoms with E-state index in [9.17, 15) is 4.79 Å². The van der Waals surface area contributed by atoms with Gasteiger partial charge in [-0.1, -0.05) is 19.9 Å². The molecule has 0 saturated carbocycles. The first-order valence-electron chi connectivity index (χ1n) is 7.28. The van der Waals surface area contributed by atoms with Crippen LogP contribution in [0.4, 0.5) is 5.69 Å². The number of hydrogen-bond acceptors (Lipinski definition) is 4. The number of carbonyl (C=O) groups is 1. The SMILES string of the molecule is CCCNc1cnccc1C(=O)NC(CC)c1cccs1. The van der Waals surface area contributed by atoms with E-state index in [4.69, 9.17) is 0 Å². The third kappa shape index (κ3) is 4.04. The van der Waals surface area contributed by atoms with Gasteiger partial charge in [0.05, 0.1) is 23.5 Å². The summed E-state index contributed by atoms with van der Waals surface area (Å²) in [5.74, 6) is -0.0590. The number of rotatable bonds is 7. The van der Waals surface area contributed by atoms with E-state index in [1.807, 2.05) is 11.4 Å². The molecule has 0 spiro atoms. The van der Waals surface area contributed by atoms with Gasteiger partial charge in [-0.3, -0.25) is 9.78 Å². The molecule has 4 nitrogen and oxygen atoms in total. The maximum atomic E-state index is 12.5. The first-order valence-corrected chi connectivity index (χ1v) is 8.16. The van der Waals surface area contributed by atoms with E-state index in [0.717, 1.165) is 25.1 Å². The van der Waals surface area contributed by atoms with Crippen LogP contribution < -0.4 is 10.6 Å². The van der Waals surface area contributed by atoms with Gasteiger partial charge in [-0.2, -0.15) is 0 Å². The van der Waals surface area contributed by atoms with Crippen LogP contribution in [0.25, 0.3) is 0 Å². The number of nitrogens with zero attached hydrogens (tertiary/aromatic N) is 1. The van der Waals surface area contributed by atoms with Gasteiger partial charge in [-0.25, -0.2) is 0 Å². The van der Waals surface area contributed by atoms with Gasteiger partial charge in [0.2, 0.25) is 0 Å². The predicted molar refractivity (Wildman–Crippen MR) is 87.8 cm³/mol. The van der Waals surface area contributed by atoms with Gasteiger partial charge in [-0.05, 0) is 30.4 Å². The predicted octanol–water partition coefficient (Wildman–Crippen LogP) is 3.85. The normalized spacial score (nSPS) is 11.9. The minimum absolute atomic E-state index is 0.0590. The number of pyridine rings is 1. The van der Waals surface area contributed by atoms with E-state index >= 15 is 0 Å². The molecular formula is C16H21N3OS. The molecule has 0 aromatic carbocycles. The lowest BCUT2D eigenvalue weighted by atomic mass is 10.1. The largest absolute Gasteiger partial charge is 0.383 e. The molecule has 2 rings (SSSR count). The third-order valence-electron chi connectivity index (χ3n) is 3.23. The van der Waals surface area contributed by atoms with Crippen LogP contribution in [-0.2, 0) is 0 Å². The molecule has 2 aromatic heterocycles. The molecule has 0 saturated heterocycles. The maximum absolute atomic E-state index is 12.5. The topological polar surface area (TPSA) is 54.0 Å². The fourth-order valence-electron chi connectivity index (χ4n) is 2.09. The molecule has 1 atom stereocenters. The van der Waals surface area contributed by atoms with Crippen molar-refractivity contribution >= 4 is 22.9 Å². The molecule has 0 aliphatic carbocycles. The summed E-state index contributed by atoms with van der Waals surface area (Å²) in [6.45, 7) is 4.99. The molecule has 21 heavy (non-hydrogen) atoms. The van der Waals surface area contributed by atoms with Crippen LogP contribution in [-0.4, -0.2) is 17.4 Å². The zero-order chi connectivity index (χ0) is 15.1. The lowest BCUT2D eigenvalue weighted by molar-refractivity contribution is 0.0937. The third-order valence-corrected chi connectivity index (χ3v) is 4.22. The molecule has 0 fully saturated rings. The van der Waals surface area contributed by atoms with E-state index in [2.05, 4.69) is 35.5 Å². The summed E-state index contributed by atoms with van der Waals surface area (Å²) in [6, 6.07) is 5.89. The summed E-state index contributed by atoms with van der Waals surface area (Å²) in [4.78, 5) is 17.8. The van der Waals surface area contributed by atoms with Crippen LogP contribution in [0.3, 0.4) is 0 Å². The van der Waals surface area contributed by atoms with Crippen molar-refractivity contribution in [1.29, 1.82) is 0 Å². The Kier molecular flexibility index (Phi) is 5.75. The molecule has 0 radical (unpaired) electrons. The van der Waals surface area contributed by atoms with E-state index in [-0.39, 0.29) is 11.9 Å². The van der Waals surface area contributed by atoms with Gasteiger partial charge in [0.1, 0.15) is 0 Å². The van der Waals surface area contributed by atoms with Gasteiger partial charge in [0.25, 0.3) is 5.91 Å². The van der Waals surface area contributed by atoms with Crippen LogP contribution in [0.1, 0.15) is 48.0 Å². The number of nitrogens with one attached hydrogen (secondary N) is 2. The Hall–Kier alpha value is -1.88. The number of hydrogen-bond donors (Lipinski definition) is 2. The second-order valence-electron chi connectivity index (χ2n) is 4.80. The van der Waals surface area contributed by atoms with Crippen LogP contribution in [0, 0.1) is 0 Å². The molecule has 0 aliphatic rings. The highest BCUT2D eigenvalue weighted by Crippen LogP contribution is 2.23. The van der Waals surface area contributed by atoms with Crippen molar-refractivity contribution in [1.82, 2.24) is 10.3 Å². The standard InChI is InChI=1S/C16H21N3OS/c1-3-8-18-14-11-17-9-7-12(14)16(20)19-13(4-2)15-6-5-10-21-15/h5-7,9-11,13,18H,3-4,8H2,1-2H3,(H,19,20). The van der Waals surface area contributed by atoms with E-state index in [1.165, 1.54) is 4.88 Å². The van der Waals surface area contributed by atoms with Crippen molar-refractivity contribution in [2.75, 3.05) is 11.9 Å². The van der Waals surface area contributed by atoms with E-state index in [0.29, 0.717) is 5.56 Å². The highest BCUT2D eigenvalue weighted by molar-refractivity contribution is 7.10. The Balaban J connectivity index is 2.12. The molecule has 1 unspecified atom stereocenters. The van der Waals surface area contributed by atoms with Crippen molar-refractivity contribution < 1.29 is 4.79 Å². The number of anilines is 1. The average Bonchev–Trinajstić information content (AvgIpc) is 3.04. The Labute approximate surface area is 129 Å². The van der Waals surface area contributed by atoms with E-state index < -0.39 is 0 Å². The smallest absolute Gasteiger partial charge is 0.254 e. The monoisotopic (exact) mass is 303 g/mol. The highest BCUT2D eigenvalue weighted by Gasteiger charge is 2.17. The lowest BCUT2D eigenvalue weighted by Gasteiger charge is -2.17. The summed E-state index contributed by atoms with van der Waals surface area (Å²) in [5.41, 5.74) is 1.44. The van der Waals surface area contributed by atoms with Crippen molar-refractivity contribution in [2.24, 2.45) is 0 Å². The Bertz CT molecular complexity index is 569. The molecular weight excluding hydrogens is 282 g/mol. The number of thiophene rings is 1. The Morgan fingerprint density at radius 2 is 2.24 bits per heavy atom. The average molecular weight is 303 g/mol. The minimum atomic E-state index is -0.0590. The second kappa shape index (κ2) is 7.78. The minimum Gasteiger partial charge on any atom is -0.383 e.